The molecule has 2 rings (SSSR count). The lowest BCUT2D eigenvalue weighted by molar-refractivity contribution is -0.0523. The number of hydrogen-bond acceptors (Lipinski definition) is 3. The number of rotatable bonds is 3. The van der Waals surface area contributed by atoms with Gasteiger partial charge in [0, 0.05) is 19.4 Å². The number of carbonyl (C=O) groups is 1. The van der Waals surface area contributed by atoms with E-state index in [0.717, 1.165) is 0 Å². The van der Waals surface area contributed by atoms with E-state index >= 15 is 0 Å². The molecule has 0 aromatic carbocycles. The summed E-state index contributed by atoms with van der Waals surface area (Å²) in [5.74, 6) is 2.84. The molecule has 0 aromatic heterocycles. The first-order valence-corrected chi connectivity index (χ1v) is 5.35. The Labute approximate surface area is 94.6 Å². The van der Waals surface area contributed by atoms with Crippen LogP contribution in [0.3, 0.4) is 0 Å². The predicted octanol–water partition coefficient (Wildman–Crippen LogP) is 0.350. The second-order valence-corrected chi connectivity index (χ2v) is 4.09. The number of amides is 2. The standard InChI is InChI=1S/C11H15N3O2/c1-3-5-14-10(15)13-9(12)11(14)6-8(7-11)16-4-2/h1,8H,4-7H2,2H3,(H2,12,13,15). The van der Waals surface area contributed by atoms with Crippen molar-refractivity contribution in [3.05, 3.63) is 0 Å². The van der Waals surface area contributed by atoms with Crippen LogP contribution in [0, 0.1) is 12.3 Å². The number of ether oxygens (including phenoxy) is 1. The molecule has 0 aromatic rings. The highest BCUT2D eigenvalue weighted by Gasteiger charge is 2.57. The van der Waals surface area contributed by atoms with Gasteiger partial charge in [-0.05, 0) is 6.92 Å². The van der Waals surface area contributed by atoms with E-state index in [1.54, 1.807) is 4.90 Å². The van der Waals surface area contributed by atoms with Gasteiger partial charge in [-0.2, -0.15) is 4.99 Å². The van der Waals surface area contributed by atoms with Gasteiger partial charge in [-0.25, -0.2) is 4.79 Å². The molecule has 0 unspecified atom stereocenters. The molecule has 1 spiro atoms. The number of carbonyl (C=O) groups excluding carboxylic acids is 1. The first-order valence-electron chi connectivity index (χ1n) is 5.35. The highest BCUT2D eigenvalue weighted by atomic mass is 16.5. The smallest absolute Gasteiger partial charge is 0.346 e. The third-order valence-corrected chi connectivity index (χ3v) is 3.22. The molecule has 16 heavy (non-hydrogen) atoms. The molecule has 1 heterocycles. The fourth-order valence-electron chi connectivity index (χ4n) is 2.38. The summed E-state index contributed by atoms with van der Waals surface area (Å²) in [6.07, 6.45) is 6.80. The van der Waals surface area contributed by atoms with Gasteiger partial charge in [-0.1, -0.05) is 5.92 Å². The summed E-state index contributed by atoms with van der Waals surface area (Å²) in [5.41, 5.74) is 5.34. The summed E-state index contributed by atoms with van der Waals surface area (Å²) < 4.78 is 5.47. The fraction of sp³-hybridized carbons (Fsp3) is 0.636. The van der Waals surface area contributed by atoms with Crippen LogP contribution in [0.25, 0.3) is 0 Å². The zero-order chi connectivity index (χ0) is 11.8. The Balaban J connectivity index is 2.12. The lowest BCUT2D eigenvalue weighted by Crippen LogP contribution is -2.64. The van der Waals surface area contributed by atoms with Gasteiger partial charge in [0.1, 0.15) is 11.4 Å². The lowest BCUT2D eigenvalue weighted by atomic mass is 9.72. The zero-order valence-electron chi connectivity index (χ0n) is 9.27. The van der Waals surface area contributed by atoms with Crippen LogP contribution >= 0.6 is 0 Å². The maximum atomic E-state index is 11.6. The van der Waals surface area contributed by atoms with Crippen molar-refractivity contribution in [1.29, 1.82) is 0 Å². The van der Waals surface area contributed by atoms with Crippen LogP contribution in [-0.4, -0.2) is 41.6 Å². The fourth-order valence-corrected chi connectivity index (χ4v) is 2.38. The van der Waals surface area contributed by atoms with Crippen LogP contribution in [-0.2, 0) is 4.74 Å². The Morgan fingerprint density at radius 2 is 2.44 bits per heavy atom. The molecule has 0 bridgehead atoms. The molecule has 0 radical (unpaired) electrons. The second kappa shape index (κ2) is 3.80. The average molecular weight is 221 g/mol. The number of nitrogens with two attached hydrogens (primary N) is 1. The normalized spacial score (nSPS) is 32.5. The Morgan fingerprint density at radius 1 is 1.75 bits per heavy atom. The van der Waals surface area contributed by atoms with Gasteiger partial charge < -0.3 is 10.5 Å². The van der Waals surface area contributed by atoms with Gasteiger partial charge in [0.2, 0.25) is 0 Å². The van der Waals surface area contributed by atoms with E-state index in [-0.39, 0.29) is 18.7 Å². The molecule has 0 atom stereocenters. The number of amidine groups is 1. The molecule has 2 amide bonds. The summed E-state index contributed by atoms with van der Waals surface area (Å²) in [4.78, 5) is 16.9. The van der Waals surface area contributed by atoms with Gasteiger partial charge >= 0.3 is 6.03 Å². The van der Waals surface area contributed by atoms with Crippen molar-refractivity contribution in [2.75, 3.05) is 13.2 Å². The minimum Gasteiger partial charge on any atom is -0.385 e. The van der Waals surface area contributed by atoms with Gasteiger partial charge in [-0.3, -0.25) is 4.90 Å². The van der Waals surface area contributed by atoms with Crippen molar-refractivity contribution >= 4 is 11.9 Å². The van der Waals surface area contributed by atoms with Crippen molar-refractivity contribution < 1.29 is 9.53 Å². The van der Waals surface area contributed by atoms with E-state index in [2.05, 4.69) is 10.9 Å². The van der Waals surface area contributed by atoms with Gasteiger partial charge in [0.25, 0.3) is 0 Å². The first-order chi connectivity index (χ1) is 7.64. The molecule has 2 N–H and O–H groups in total. The molecule has 5 nitrogen and oxygen atoms in total. The van der Waals surface area contributed by atoms with Crippen LogP contribution in [0.5, 0.6) is 0 Å². The highest BCUT2D eigenvalue weighted by Crippen LogP contribution is 2.42. The van der Waals surface area contributed by atoms with Crippen molar-refractivity contribution in [2.45, 2.75) is 31.4 Å². The molecular weight excluding hydrogens is 206 g/mol. The molecule has 5 heteroatoms. The van der Waals surface area contributed by atoms with Crippen LogP contribution in [0.1, 0.15) is 19.8 Å². The Hall–Kier alpha value is -1.54. The Bertz CT molecular complexity index is 377. The maximum absolute atomic E-state index is 11.6. The van der Waals surface area contributed by atoms with E-state index in [9.17, 15) is 4.79 Å². The molecule has 1 saturated carbocycles. The third kappa shape index (κ3) is 1.38. The van der Waals surface area contributed by atoms with Crippen molar-refractivity contribution in [3.63, 3.8) is 0 Å². The minimum absolute atomic E-state index is 0.157. The molecule has 1 aliphatic heterocycles. The zero-order valence-corrected chi connectivity index (χ0v) is 9.27. The molecular formula is C11H15N3O2. The topological polar surface area (TPSA) is 67.9 Å². The summed E-state index contributed by atoms with van der Waals surface area (Å²) in [6.45, 7) is 2.87. The van der Waals surface area contributed by atoms with Gasteiger partial charge in [-0.15, -0.1) is 6.42 Å². The van der Waals surface area contributed by atoms with E-state index in [1.165, 1.54) is 0 Å². The number of hydrogen-bond donors (Lipinski definition) is 1. The van der Waals surface area contributed by atoms with Gasteiger partial charge in [0.05, 0.1) is 12.6 Å². The van der Waals surface area contributed by atoms with Crippen LogP contribution in [0.15, 0.2) is 4.99 Å². The van der Waals surface area contributed by atoms with E-state index in [0.29, 0.717) is 25.3 Å². The lowest BCUT2D eigenvalue weighted by Gasteiger charge is -2.48. The Kier molecular flexibility index (Phi) is 2.60. The van der Waals surface area contributed by atoms with Crippen molar-refractivity contribution in [2.24, 2.45) is 10.7 Å². The van der Waals surface area contributed by atoms with Crippen LogP contribution in [0.4, 0.5) is 4.79 Å². The molecule has 0 saturated heterocycles. The average Bonchev–Trinajstić information content (AvgIpc) is 2.41. The summed E-state index contributed by atoms with van der Waals surface area (Å²) in [5, 5.41) is 0. The van der Waals surface area contributed by atoms with Crippen molar-refractivity contribution in [3.8, 4) is 12.3 Å². The molecule has 1 fully saturated rings. The Morgan fingerprint density at radius 3 is 3.00 bits per heavy atom. The van der Waals surface area contributed by atoms with Crippen LogP contribution in [0.2, 0.25) is 0 Å². The summed E-state index contributed by atoms with van der Waals surface area (Å²) >= 11 is 0. The quantitative estimate of drug-likeness (QED) is 0.699. The second-order valence-electron chi connectivity index (χ2n) is 4.09. The first kappa shape index (κ1) is 11.0. The predicted molar refractivity (Wildman–Crippen MR) is 59.9 cm³/mol. The largest absolute Gasteiger partial charge is 0.385 e. The number of nitrogens with zero attached hydrogens (tertiary/aromatic N) is 2. The number of terminal acetylenes is 1. The van der Waals surface area contributed by atoms with Crippen molar-refractivity contribution in [1.82, 2.24) is 4.90 Å². The van der Waals surface area contributed by atoms with Crippen LogP contribution < -0.4 is 5.73 Å². The molecule has 1 aliphatic carbocycles. The minimum atomic E-state index is -0.469. The van der Waals surface area contributed by atoms with Gasteiger partial charge in [0.15, 0.2) is 0 Å². The SMILES string of the molecule is C#CCN1C(=O)N=C(N)C12CC(OCC)C2. The monoisotopic (exact) mass is 221 g/mol. The third-order valence-electron chi connectivity index (χ3n) is 3.22. The number of aliphatic imine (C=N–C) groups is 1. The summed E-state index contributed by atoms with van der Waals surface area (Å²) in [7, 11) is 0. The summed E-state index contributed by atoms with van der Waals surface area (Å²) in [6, 6.07) is -0.328. The highest BCUT2D eigenvalue weighted by molar-refractivity contribution is 6.06. The molecule has 86 valence electrons. The van der Waals surface area contributed by atoms with E-state index in [4.69, 9.17) is 16.9 Å². The van der Waals surface area contributed by atoms with E-state index < -0.39 is 5.54 Å². The number of urea groups is 1. The van der Waals surface area contributed by atoms with E-state index in [1.807, 2.05) is 6.92 Å². The molecule has 2 aliphatic rings. The maximum Gasteiger partial charge on any atom is 0.346 e.